The lowest BCUT2D eigenvalue weighted by Crippen LogP contribution is -2.45. The largest absolute Gasteiger partial charge is 0.330 e. The van der Waals surface area contributed by atoms with Gasteiger partial charge in [-0.15, -0.1) is 5.10 Å². The lowest BCUT2D eigenvalue weighted by Gasteiger charge is -2.40. The van der Waals surface area contributed by atoms with E-state index in [2.05, 4.69) is 40.4 Å². The number of hydrogen-bond acceptors (Lipinski definition) is 5. The summed E-state index contributed by atoms with van der Waals surface area (Å²) in [6.45, 7) is 4.43. The number of fused-ring (bicyclic) bond motifs is 1. The van der Waals surface area contributed by atoms with E-state index >= 15 is 0 Å². The van der Waals surface area contributed by atoms with Crippen LogP contribution in [0.1, 0.15) is 56.8 Å². The number of nitrogens with zero attached hydrogens (tertiary/aromatic N) is 6. The zero-order valence-corrected chi connectivity index (χ0v) is 14.3. The summed E-state index contributed by atoms with van der Waals surface area (Å²) in [5.41, 5.74) is 2.32. The molecule has 128 valence electrons. The second-order valence-corrected chi connectivity index (χ2v) is 6.23. The number of hydrogen-bond donors (Lipinski definition) is 0. The van der Waals surface area contributed by atoms with E-state index in [4.69, 9.17) is 0 Å². The van der Waals surface area contributed by atoms with Crippen LogP contribution in [-0.4, -0.2) is 42.0 Å². The Labute approximate surface area is 142 Å². The van der Waals surface area contributed by atoms with Gasteiger partial charge in [-0.2, -0.15) is 0 Å². The van der Waals surface area contributed by atoms with Gasteiger partial charge in [0.25, 0.3) is 0 Å². The third kappa shape index (κ3) is 3.29. The minimum absolute atomic E-state index is 0.0452. The maximum Gasteiger partial charge on any atom is 0.245 e. The molecule has 1 atom stereocenters. The fourth-order valence-corrected chi connectivity index (χ4v) is 3.64. The number of amides is 1. The summed E-state index contributed by atoms with van der Waals surface area (Å²) in [7, 11) is 0. The van der Waals surface area contributed by atoms with Gasteiger partial charge in [0.2, 0.25) is 5.91 Å². The van der Waals surface area contributed by atoms with Crippen LogP contribution in [0.2, 0.25) is 0 Å². The van der Waals surface area contributed by atoms with Crippen molar-refractivity contribution in [3.8, 4) is 0 Å². The minimum atomic E-state index is 0.0452. The van der Waals surface area contributed by atoms with Gasteiger partial charge in [0.15, 0.2) is 0 Å². The van der Waals surface area contributed by atoms with Crippen LogP contribution in [0.4, 0.5) is 0 Å². The number of aryl methyl sites for hydroxylation is 1. The molecule has 1 amide bonds. The molecule has 0 saturated heterocycles. The van der Waals surface area contributed by atoms with Gasteiger partial charge in [-0.25, -0.2) is 4.68 Å². The van der Waals surface area contributed by atoms with Crippen LogP contribution in [0.3, 0.4) is 0 Å². The summed E-state index contributed by atoms with van der Waals surface area (Å²) in [6, 6.07) is 4.35. The third-order valence-electron chi connectivity index (χ3n) is 4.81. The molecule has 7 heteroatoms. The van der Waals surface area contributed by atoms with Gasteiger partial charge in [0.05, 0.1) is 11.7 Å². The third-order valence-corrected chi connectivity index (χ3v) is 4.81. The van der Waals surface area contributed by atoms with E-state index in [1.165, 1.54) is 16.6 Å². The maximum absolute atomic E-state index is 13.1. The molecular weight excluding hydrogens is 304 g/mol. The van der Waals surface area contributed by atoms with Crippen LogP contribution in [0.25, 0.3) is 0 Å². The van der Waals surface area contributed by atoms with Crippen LogP contribution in [0.15, 0.2) is 24.7 Å². The van der Waals surface area contributed by atoms with Gasteiger partial charge < -0.3 is 4.90 Å². The molecule has 0 aromatic carbocycles. The topological polar surface area (TPSA) is 76.8 Å². The van der Waals surface area contributed by atoms with Gasteiger partial charge in [0.1, 0.15) is 12.9 Å². The maximum atomic E-state index is 13.1. The standard InChI is InChI=1S/C17H24N6O/c1-3-14(4-2)23(16(24)11-22-12-19-20-21-22)15-9-5-7-13-8-6-10-18-17(13)15/h6,8,10,12,14-15H,3-5,7,9,11H2,1-2H3. The zero-order valence-electron chi connectivity index (χ0n) is 14.3. The van der Waals surface area contributed by atoms with E-state index < -0.39 is 0 Å². The summed E-state index contributed by atoms with van der Waals surface area (Å²) in [6.07, 6.45) is 8.24. The van der Waals surface area contributed by atoms with E-state index in [0.29, 0.717) is 0 Å². The number of carbonyl (C=O) groups excluding carboxylic acids is 1. The van der Waals surface area contributed by atoms with Crippen molar-refractivity contribution in [3.05, 3.63) is 35.9 Å². The first-order valence-corrected chi connectivity index (χ1v) is 8.70. The molecule has 7 nitrogen and oxygen atoms in total. The van der Waals surface area contributed by atoms with E-state index in [-0.39, 0.29) is 24.5 Å². The Bertz CT molecular complexity index is 667. The van der Waals surface area contributed by atoms with Crippen molar-refractivity contribution in [2.75, 3.05) is 0 Å². The fourth-order valence-electron chi connectivity index (χ4n) is 3.64. The zero-order chi connectivity index (χ0) is 16.9. The summed E-state index contributed by atoms with van der Waals surface area (Å²) in [5, 5.41) is 11.1. The molecule has 2 aromatic heterocycles. The number of rotatable bonds is 6. The van der Waals surface area contributed by atoms with Crippen LogP contribution < -0.4 is 0 Å². The Kier molecular flexibility index (Phi) is 5.17. The molecule has 0 spiro atoms. The molecule has 0 fully saturated rings. The van der Waals surface area contributed by atoms with Gasteiger partial charge in [0, 0.05) is 12.2 Å². The number of pyridine rings is 1. The monoisotopic (exact) mass is 328 g/mol. The molecule has 3 rings (SSSR count). The molecule has 0 N–H and O–H groups in total. The van der Waals surface area contributed by atoms with Crippen molar-refractivity contribution in [2.24, 2.45) is 0 Å². The Hall–Kier alpha value is -2.31. The molecule has 2 heterocycles. The van der Waals surface area contributed by atoms with E-state index in [0.717, 1.165) is 37.8 Å². The predicted octanol–water partition coefficient (Wildman–Crippen LogP) is 2.16. The molecule has 2 aromatic rings. The van der Waals surface area contributed by atoms with Crippen molar-refractivity contribution < 1.29 is 4.79 Å². The lowest BCUT2D eigenvalue weighted by atomic mass is 9.89. The molecule has 24 heavy (non-hydrogen) atoms. The molecule has 1 aliphatic rings. The molecule has 0 radical (unpaired) electrons. The van der Waals surface area contributed by atoms with E-state index in [9.17, 15) is 4.79 Å². The highest BCUT2D eigenvalue weighted by atomic mass is 16.2. The highest BCUT2D eigenvalue weighted by Gasteiger charge is 2.34. The van der Waals surface area contributed by atoms with Gasteiger partial charge >= 0.3 is 0 Å². The average Bonchev–Trinajstić information content (AvgIpc) is 3.12. The van der Waals surface area contributed by atoms with Crippen LogP contribution in [0.5, 0.6) is 0 Å². The average molecular weight is 328 g/mol. The van der Waals surface area contributed by atoms with Crippen molar-refractivity contribution >= 4 is 5.91 Å². The van der Waals surface area contributed by atoms with Crippen LogP contribution in [0, 0.1) is 0 Å². The quantitative estimate of drug-likeness (QED) is 0.812. The first-order valence-electron chi connectivity index (χ1n) is 8.70. The van der Waals surface area contributed by atoms with Crippen molar-refractivity contribution in [3.63, 3.8) is 0 Å². The van der Waals surface area contributed by atoms with Crippen molar-refractivity contribution in [1.82, 2.24) is 30.1 Å². The highest BCUT2D eigenvalue weighted by molar-refractivity contribution is 5.77. The first-order chi connectivity index (χ1) is 11.7. The van der Waals surface area contributed by atoms with Crippen molar-refractivity contribution in [2.45, 2.75) is 64.6 Å². The smallest absolute Gasteiger partial charge is 0.245 e. The normalized spacial score (nSPS) is 16.9. The number of tetrazole rings is 1. The van der Waals surface area contributed by atoms with Crippen LogP contribution >= 0.6 is 0 Å². The highest BCUT2D eigenvalue weighted by Crippen LogP contribution is 2.35. The van der Waals surface area contributed by atoms with Crippen LogP contribution in [-0.2, 0) is 17.8 Å². The summed E-state index contributed by atoms with van der Waals surface area (Å²) >= 11 is 0. The van der Waals surface area contributed by atoms with Gasteiger partial charge in [-0.1, -0.05) is 19.9 Å². The second-order valence-electron chi connectivity index (χ2n) is 6.23. The molecular formula is C17H24N6O. The predicted molar refractivity (Wildman–Crippen MR) is 88.9 cm³/mol. The van der Waals surface area contributed by atoms with E-state index in [1.807, 2.05) is 17.2 Å². The Morgan fingerprint density at radius 2 is 2.25 bits per heavy atom. The number of aromatic nitrogens is 5. The Morgan fingerprint density at radius 3 is 2.96 bits per heavy atom. The lowest BCUT2D eigenvalue weighted by molar-refractivity contribution is -0.138. The Morgan fingerprint density at radius 1 is 1.42 bits per heavy atom. The molecule has 0 aliphatic heterocycles. The summed E-state index contributed by atoms with van der Waals surface area (Å²) in [5.74, 6) is 0.0551. The van der Waals surface area contributed by atoms with Crippen molar-refractivity contribution in [1.29, 1.82) is 0 Å². The number of carbonyl (C=O) groups is 1. The molecule has 0 saturated carbocycles. The van der Waals surface area contributed by atoms with E-state index in [1.54, 1.807) is 0 Å². The second kappa shape index (κ2) is 7.51. The Balaban J connectivity index is 1.92. The van der Waals surface area contributed by atoms with Gasteiger partial charge in [-0.05, 0) is 54.2 Å². The molecule has 1 aliphatic carbocycles. The first kappa shape index (κ1) is 16.5. The summed E-state index contributed by atoms with van der Waals surface area (Å²) in [4.78, 5) is 19.7. The fraction of sp³-hybridized carbons (Fsp3) is 0.588. The summed E-state index contributed by atoms with van der Waals surface area (Å²) < 4.78 is 1.49. The molecule has 1 unspecified atom stereocenters. The van der Waals surface area contributed by atoms with Gasteiger partial charge in [-0.3, -0.25) is 9.78 Å². The SMILES string of the molecule is CCC(CC)N(C(=O)Cn1cnnn1)C1CCCc2cccnc21. The molecule has 0 bridgehead atoms. The minimum Gasteiger partial charge on any atom is -0.330 e.